The minimum atomic E-state index is 0.673. The summed E-state index contributed by atoms with van der Waals surface area (Å²) < 4.78 is 0. The van der Waals surface area contributed by atoms with Crippen LogP contribution in [0.5, 0.6) is 0 Å². The summed E-state index contributed by atoms with van der Waals surface area (Å²) in [7, 11) is 0. The van der Waals surface area contributed by atoms with Crippen molar-refractivity contribution in [2.45, 2.75) is 13.8 Å². The van der Waals surface area contributed by atoms with Gasteiger partial charge in [0.15, 0.2) is 0 Å². The monoisotopic (exact) mass is 241 g/mol. The van der Waals surface area contributed by atoms with Gasteiger partial charge in [-0.25, -0.2) is 0 Å². The number of hydrogen-bond acceptors (Lipinski definition) is 5. The molecule has 0 aliphatic rings. The van der Waals surface area contributed by atoms with E-state index >= 15 is 0 Å². The molecule has 90 valence electrons. The standard InChI is InChI=1S/C11H11N7/c1-6-3-4-8(5-12-6)10-11(16-18-15-10)9-7(2)13-17-14-9/h3-5H,1-2H3,(H,13,14,17)(H,15,16,18). The first kappa shape index (κ1) is 10.6. The first-order valence-corrected chi connectivity index (χ1v) is 5.47. The average molecular weight is 241 g/mol. The molecule has 3 aromatic heterocycles. The number of hydrogen-bond donors (Lipinski definition) is 2. The molecule has 0 saturated heterocycles. The Labute approximate surface area is 103 Å². The molecule has 3 rings (SSSR count). The molecule has 3 aromatic rings. The fraction of sp³-hybridized carbons (Fsp3) is 0.182. The highest BCUT2D eigenvalue weighted by molar-refractivity contribution is 5.75. The van der Waals surface area contributed by atoms with E-state index in [9.17, 15) is 0 Å². The van der Waals surface area contributed by atoms with Gasteiger partial charge in [-0.05, 0) is 26.0 Å². The highest BCUT2D eigenvalue weighted by atomic mass is 15.4. The van der Waals surface area contributed by atoms with Crippen molar-refractivity contribution in [2.75, 3.05) is 0 Å². The number of nitrogens with one attached hydrogen (secondary N) is 2. The van der Waals surface area contributed by atoms with Crippen LogP contribution in [-0.4, -0.2) is 35.8 Å². The third-order valence-corrected chi connectivity index (χ3v) is 2.68. The third kappa shape index (κ3) is 1.65. The molecular formula is C11H11N7. The molecule has 0 unspecified atom stereocenters. The van der Waals surface area contributed by atoms with Crippen LogP contribution in [-0.2, 0) is 0 Å². The molecule has 0 aliphatic heterocycles. The number of nitrogens with zero attached hydrogens (tertiary/aromatic N) is 5. The Balaban J connectivity index is 2.12. The maximum atomic E-state index is 4.25. The van der Waals surface area contributed by atoms with Crippen LogP contribution in [0.3, 0.4) is 0 Å². The van der Waals surface area contributed by atoms with Crippen molar-refractivity contribution in [3.63, 3.8) is 0 Å². The zero-order valence-corrected chi connectivity index (χ0v) is 9.97. The van der Waals surface area contributed by atoms with Crippen LogP contribution in [0.15, 0.2) is 18.3 Å². The summed E-state index contributed by atoms with van der Waals surface area (Å²) in [5.74, 6) is 0. The largest absolute Gasteiger partial charge is 0.261 e. The normalized spacial score (nSPS) is 10.8. The molecule has 7 heteroatoms. The lowest BCUT2D eigenvalue weighted by molar-refractivity contribution is 0.924. The smallest absolute Gasteiger partial charge is 0.143 e. The van der Waals surface area contributed by atoms with Crippen LogP contribution in [0, 0.1) is 13.8 Å². The van der Waals surface area contributed by atoms with Crippen molar-refractivity contribution in [3.8, 4) is 22.6 Å². The van der Waals surface area contributed by atoms with E-state index in [0.717, 1.165) is 22.6 Å². The lowest BCUT2D eigenvalue weighted by Crippen LogP contribution is -1.88. The Bertz CT molecular complexity index is 665. The van der Waals surface area contributed by atoms with Crippen molar-refractivity contribution in [1.82, 2.24) is 35.8 Å². The van der Waals surface area contributed by atoms with Gasteiger partial charge in [0.2, 0.25) is 0 Å². The van der Waals surface area contributed by atoms with E-state index in [2.05, 4.69) is 35.8 Å². The van der Waals surface area contributed by atoms with E-state index in [-0.39, 0.29) is 0 Å². The van der Waals surface area contributed by atoms with E-state index in [1.54, 1.807) is 6.20 Å². The summed E-state index contributed by atoms with van der Waals surface area (Å²) in [5.41, 5.74) is 4.73. The Morgan fingerprint density at radius 2 is 1.56 bits per heavy atom. The van der Waals surface area contributed by atoms with Crippen LogP contribution in [0.2, 0.25) is 0 Å². The fourth-order valence-electron chi connectivity index (χ4n) is 1.71. The number of aromatic amines is 2. The van der Waals surface area contributed by atoms with Crippen LogP contribution in [0.4, 0.5) is 0 Å². The van der Waals surface area contributed by atoms with Gasteiger partial charge in [-0.15, -0.1) is 0 Å². The van der Waals surface area contributed by atoms with E-state index in [0.29, 0.717) is 11.4 Å². The average Bonchev–Trinajstić information content (AvgIpc) is 2.98. The van der Waals surface area contributed by atoms with Gasteiger partial charge in [-0.2, -0.15) is 30.8 Å². The topological polar surface area (TPSA) is 96.0 Å². The number of rotatable bonds is 2. The lowest BCUT2D eigenvalue weighted by atomic mass is 10.1. The SMILES string of the molecule is Cc1ccc(-c2n[nH]nc2-c2n[nH]nc2C)cn1. The van der Waals surface area contributed by atoms with Gasteiger partial charge in [-0.3, -0.25) is 4.98 Å². The molecule has 0 saturated carbocycles. The lowest BCUT2D eigenvalue weighted by Gasteiger charge is -1.99. The maximum Gasteiger partial charge on any atom is 0.143 e. The van der Waals surface area contributed by atoms with Crippen molar-refractivity contribution in [1.29, 1.82) is 0 Å². The van der Waals surface area contributed by atoms with Gasteiger partial charge in [0.05, 0.1) is 5.69 Å². The molecule has 0 fully saturated rings. The summed E-state index contributed by atoms with van der Waals surface area (Å²) >= 11 is 0. The summed E-state index contributed by atoms with van der Waals surface area (Å²) in [6.07, 6.45) is 1.77. The number of pyridine rings is 1. The van der Waals surface area contributed by atoms with Crippen LogP contribution in [0.25, 0.3) is 22.6 Å². The molecule has 18 heavy (non-hydrogen) atoms. The Hall–Kier alpha value is -2.57. The highest BCUT2D eigenvalue weighted by Crippen LogP contribution is 2.27. The summed E-state index contributed by atoms with van der Waals surface area (Å²) in [6, 6.07) is 3.89. The quantitative estimate of drug-likeness (QED) is 0.704. The first-order chi connectivity index (χ1) is 8.75. The van der Waals surface area contributed by atoms with Crippen molar-refractivity contribution in [3.05, 3.63) is 29.7 Å². The van der Waals surface area contributed by atoms with Crippen molar-refractivity contribution >= 4 is 0 Å². The van der Waals surface area contributed by atoms with Gasteiger partial charge in [0, 0.05) is 17.5 Å². The fourth-order valence-corrected chi connectivity index (χ4v) is 1.71. The highest BCUT2D eigenvalue weighted by Gasteiger charge is 2.17. The van der Waals surface area contributed by atoms with Crippen LogP contribution in [0.1, 0.15) is 11.4 Å². The second-order valence-corrected chi connectivity index (χ2v) is 3.97. The minimum Gasteiger partial charge on any atom is -0.261 e. The number of aryl methyl sites for hydroxylation is 2. The van der Waals surface area contributed by atoms with Crippen molar-refractivity contribution < 1.29 is 0 Å². The molecule has 0 aromatic carbocycles. The maximum absolute atomic E-state index is 4.25. The van der Waals surface area contributed by atoms with E-state index in [1.807, 2.05) is 26.0 Å². The molecule has 0 atom stereocenters. The zero-order chi connectivity index (χ0) is 12.5. The number of aromatic nitrogens is 7. The number of H-pyrrole nitrogens is 2. The molecule has 3 heterocycles. The van der Waals surface area contributed by atoms with Crippen molar-refractivity contribution in [2.24, 2.45) is 0 Å². The Morgan fingerprint density at radius 3 is 2.22 bits per heavy atom. The van der Waals surface area contributed by atoms with Gasteiger partial charge in [0.1, 0.15) is 17.1 Å². The predicted molar refractivity (Wildman–Crippen MR) is 64.5 cm³/mol. The molecule has 0 amide bonds. The predicted octanol–water partition coefficient (Wildman–Crippen LogP) is 1.27. The van der Waals surface area contributed by atoms with Gasteiger partial charge >= 0.3 is 0 Å². The zero-order valence-electron chi connectivity index (χ0n) is 9.97. The van der Waals surface area contributed by atoms with Gasteiger partial charge in [-0.1, -0.05) is 0 Å². The molecule has 7 nitrogen and oxygen atoms in total. The molecule has 0 spiro atoms. The second kappa shape index (κ2) is 4.02. The van der Waals surface area contributed by atoms with E-state index < -0.39 is 0 Å². The molecular weight excluding hydrogens is 230 g/mol. The first-order valence-electron chi connectivity index (χ1n) is 5.47. The van der Waals surface area contributed by atoms with Crippen LogP contribution >= 0.6 is 0 Å². The third-order valence-electron chi connectivity index (χ3n) is 2.68. The summed E-state index contributed by atoms with van der Waals surface area (Å²) in [5, 5.41) is 21.6. The molecule has 0 radical (unpaired) electrons. The Morgan fingerprint density at radius 1 is 0.833 bits per heavy atom. The Kier molecular flexibility index (Phi) is 2.36. The van der Waals surface area contributed by atoms with Crippen LogP contribution < -0.4 is 0 Å². The minimum absolute atomic E-state index is 0.673. The van der Waals surface area contributed by atoms with E-state index in [4.69, 9.17) is 0 Å². The molecule has 0 bridgehead atoms. The van der Waals surface area contributed by atoms with Gasteiger partial charge in [0.25, 0.3) is 0 Å². The summed E-state index contributed by atoms with van der Waals surface area (Å²) in [4.78, 5) is 4.25. The summed E-state index contributed by atoms with van der Waals surface area (Å²) in [6.45, 7) is 3.81. The molecule has 2 N–H and O–H groups in total. The van der Waals surface area contributed by atoms with E-state index in [1.165, 1.54) is 0 Å². The molecule has 0 aliphatic carbocycles. The second-order valence-electron chi connectivity index (χ2n) is 3.97. The van der Waals surface area contributed by atoms with Gasteiger partial charge < -0.3 is 0 Å².